The molecule has 1 aromatic rings. The van der Waals surface area contributed by atoms with Gasteiger partial charge in [-0.2, -0.15) is 0 Å². The van der Waals surface area contributed by atoms with Gasteiger partial charge >= 0.3 is 6.03 Å². The molecule has 1 unspecified atom stereocenters. The van der Waals surface area contributed by atoms with Gasteiger partial charge in [0.2, 0.25) is 0 Å². The molecule has 1 fully saturated rings. The summed E-state index contributed by atoms with van der Waals surface area (Å²) in [7, 11) is 0. The summed E-state index contributed by atoms with van der Waals surface area (Å²) in [5, 5.41) is 12.7. The van der Waals surface area contributed by atoms with Crippen molar-refractivity contribution in [1.82, 2.24) is 4.90 Å². The molecule has 0 spiro atoms. The summed E-state index contributed by atoms with van der Waals surface area (Å²) in [6.07, 6.45) is 4.41. The van der Waals surface area contributed by atoms with Crippen LogP contribution in [0.4, 0.5) is 16.2 Å². The van der Waals surface area contributed by atoms with Gasteiger partial charge in [-0.05, 0) is 45.7 Å². The molecule has 2 rings (SSSR count). The molecule has 0 aliphatic carbocycles. The lowest BCUT2D eigenvalue weighted by Gasteiger charge is -2.30. The standard InChI is InChI=1S/C19H31N3O2/c1-15(2)22(14-16(3)23)19(24)20-17-10-6-7-11-18(17)21-12-8-4-5-9-13-21/h6-7,10-11,15-16,23H,4-5,8-9,12-14H2,1-3H3,(H,20,24). The van der Waals surface area contributed by atoms with Crippen molar-refractivity contribution in [2.24, 2.45) is 0 Å². The lowest BCUT2D eigenvalue weighted by molar-refractivity contribution is 0.125. The number of nitrogens with one attached hydrogen (secondary N) is 1. The van der Waals surface area contributed by atoms with Gasteiger partial charge in [0, 0.05) is 25.7 Å². The van der Waals surface area contributed by atoms with E-state index in [0.29, 0.717) is 6.54 Å². The van der Waals surface area contributed by atoms with Gasteiger partial charge in [-0.15, -0.1) is 0 Å². The number of amides is 2. The Kier molecular flexibility index (Phi) is 6.91. The highest BCUT2D eigenvalue weighted by molar-refractivity contribution is 5.93. The number of nitrogens with zero attached hydrogens (tertiary/aromatic N) is 2. The molecule has 134 valence electrons. The monoisotopic (exact) mass is 333 g/mol. The van der Waals surface area contributed by atoms with Crippen molar-refractivity contribution in [3.63, 3.8) is 0 Å². The first-order chi connectivity index (χ1) is 11.5. The third-order valence-electron chi connectivity index (χ3n) is 4.44. The maximum absolute atomic E-state index is 12.7. The molecule has 0 aromatic heterocycles. The Morgan fingerprint density at radius 2 is 1.79 bits per heavy atom. The number of hydrogen-bond donors (Lipinski definition) is 2. The Balaban J connectivity index is 2.15. The molecule has 24 heavy (non-hydrogen) atoms. The molecule has 0 saturated carbocycles. The van der Waals surface area contributed by atoms with Crippen LogP contribution in [0.2, 0.25) is 0 Å². The second kappa shape index (κ2) is 8.92. The van der Waals surface area contributed by atoms with Crippen LogP contribution in [0.3, 0.4) is 0 Å². The Hall–Kier alpha value is -1.75. The van der Waals surface area contributed by atoms with E-state index in [1.54, 1.807) is 11.8 Å². The number of carbonyl (C=O) groups excluding carboxylic acids is 1. The highest BCUT2D eigenvalue weighted by atomic mass is 16.3. The molecule has 1 aliphatic rings. The van der Waals surface area contributed by atoms with Crippen molar-refractivity contribution < 1.29 is 9.90 Å². The Labute approximate surface area is 145 Å². The van der Waals surface area contributed by atoms with E-state index in [-0.39, 0.29) is 12.1 Å². The van der Waals surface area contributed by atoms with Crippen LogP contribution in [-0.4, -0.2) is 47.8 Å². The highest BCUT2D eigenvalue weighted by Gasteiger charge is 2.21. The quantitative estimate of drug-likeness (QED) is 0.864. The van der Waals surface area contributed by atoms with Gasteiger partial charge in [-0.1, -0.05) is 25.0 Å². The van der Waals surface area contributed by atoms with E-state index in [9.17, 15) is 9.90 Å². The minimum absolute atomic E-state index is 0.0324. The second-order valence-corrected chi connectivity index (χ2v) is 6.94. The van der Waals surface area contributed by atoms with Crippen LogP contribution >= 0.6 is 0 Å². The molecule has 1 saturated heterocycles. The molecule has 5 nitrogen and oxygen atoms in total. The first-order valence-corrected chi connectivity index (χ1v) is 9.08. The van der Waals surface area contributed by atoms with Crippen molar-refractivity contribution >= 4 is 17.4 Å². The molecule has 0 bridgehead atoms. The maximum atomic E-state index is 12.7. The predicted molar refractivity (Wildman–Crippen MR) is 99.7 cm³/mol. The number of aliphatic hydroxyl groups excluding tert-OH is 1. The second-order valence-electron chi connectivity index (χ2n) is 6.94. The van der Waals surface area contributed by atoms with E-state index in [1.807, 2.05) is 32.0 Å². The van der Waals surface area contributed by atoms with Crippen molar-refractivity contribution in [2.45, 2.75) is 58.6 Å². The van der Waals surface area contributed by atoms with Gasteiger partial charge in [-0.3, -0.25) is 0 Å². The molecular weight excluding hydrogens is 302 g/mol. The summed E-state index contributed by atoms with van der Waals surface area (Å²) < 4.78 is 0. The fourth-order valence-corrected chi connectivity index (χ4v) is 3.17. The first kappa shape index (κ1) is 18.6. The van der Waals surface area contributed by atoms with Crippen LogP contribution in [-0.2, 0) is 0 Å². The topological polar surface area (TPSA) is 55.8 Å². The van der Waals surface area contributed by atoms with Gasteiger partial charge < -0.3 is 20.2 Å². The summed E-state index contributed by atoms with van der Waals surface area (Å²) >= 11 is 0. The summed E-state index contributed by atoms with van der Waals surface area (Å²) in [5.41, 5.74) is 1.94. The molecule has 5 heteroatoms. The van der Waals surface area contributed by atoms with Gasteiger partial charge in [0.25, 0.3) is 0 Å². The van der Waals surface area contributed by atoms with Crippen LogP contribution in [0, 0.1) is 0 Å². The van der Waals surface area contributed by atoms with Crippen LogP contribution in [0.5, 0.6) is 0 Å². The summed E-state index contributed by atoms with van der Waals surface area (Å²) in [6, 6.07) is 7.88. The van der Waals surface area contributed by atoms with Crippen molar-refractivity contribution in [1.29, 1.82) is 0 Å². The maximum Gasteiger partial charge on any atom is 0.322 e. The zero-order valence-electron chi connectivity index (χ0n) is 15.2. The van der Waals surface area contributed by atoms with Crippen LogP contribution in [0.1, 0.15) is 46.5 Å². The molecule has 1 heterocycles. The third-order valence-corrected chi connectivity index (χ3v) is 4.44. The summed E-state index contributed by atoms with van der Waals surface area (Å²) in [5.74, 6) is 0. The normalized spacial score (nSPS) is 16.6. The average molecular weight is 333 g/mol. The van der Waals surface area contributed by atoms with Gasteiger partial charge in [0.05, 0.1) is 17.5 Å². The zero-order valence-corrected chi connectivity index (χ0v) is 15.2. The van der Waals surface area contributed by atoms with E-state index in [1.165, 1.54) is 25.7 Å². The average Bonchev–Trinajstić information content (AvgIpc) is 2.81. The number of carbonyl (C=O) groups is 1. The minimum Gasteiger partial charge on any atom is -0.392 e. The van der Waals surface area contributed by atoms with E-state index in [2.05, 4.69) is 16.3 Å². The number of urea groups is 1. The Bertz CT molecular complexity index is 523. The van der Waals surface area contributed by atoms with Gasteiger partial charge in [0.15, 0.2) is 0 Å². The van der Waals surface area contributed by atoms with Crippen molar-refractivity contribution in [3.8, 4) is 0 Å². The van der Waals surface area contributed by atoms with Crippen LogP contribution < -0.4 is 10.2 Å². The Morgan fingerprint density at radius 3 is 2.38 bits per heavy atom. The number of aliphatic hydroxyl groups is 1. The molecule has 2 amide bonds. The van der Waals surface area contributed by atoms with E-state index < -0.39 is 6.10 Å². The number of rotatable bonds is 5. The zero-order chi connectivity index (χ0) is 17.5. The largest absolute Gasteiger partial charge is 0.392 e. The first-order valence-electron chi connectivity index (χ1n) is 9.08. The molecule has 0 radical (unpaired) electrons. The smallest absolute Gasteiger partial charge is 0.322 e. The number of hydrogen-bond acceptors (Lipinski definition) is 3. The number of benzene rings is 1. The van der Waals surface area contributed by atoms with Gasteiger partial charge in [-0.25, -0.2) is 4.79 Å². The SMILES string of the molecule is CC(O)CN(C(=O)Nc1ccccc1N1CCCCCC1)C(C)C. The molecule has 1 atom stereocenters. The lowest BCUT2D eigenvalue weighted by atomic mass is 10.2. The molecular formula is C19H31N3O2. The number of anilines is 2. The van der Waals surface area contributed by atoms with Gasteiger partial charge in [0.1, 0.15) is 0 Å². The fraction of sp³-hybridized carbons (Fsp3) is 0.632. The Morgan fingerprint density at radius 1 is 1.17 bits per heavy atom. The van der Waals surface area contributed by atoms with E-state index in [4.69, 9.17) is 0 Å². The van der Waals surface area contributed by atoms with Crippen molar-refractivity contribution in [3.05, 3.63) is 24.3 Å². The lowest BCUT2D eigenvalue weighted by Crippen LogP contribution is -2.44. The molecule has 2 N–H and O–H groups in total. The minimum atomic E-state index is -0.543. The molecule has 1 aromatic carbocycles. The third kappa shape index (κ3) is 5.13. The van der Waals surface area contributed by atoms with E-state index in [0.717, 1.165) is 24.5 Å². The summed E-state index contributed by atoms with van der Waals surface area (Å²) in [6.45, 7) is 8.03. The van der Waals surface area contributed by atoms with Crippen LogP contribution in [0.25, 0.3) is 0 Å². The van der Waals surface area contributed by atoms with E-state index >= 15 is 0 Å². The fourth-order valence-electron chi connectivity index (χ4n) is 3.17. The molecule has 1 aliphatic heterocycles. The summed E-state index contributed by atoms with van der Waals surface area (Å²) in [4.78, 5) is 16.7. The predicted octanol–water partition coefficient (Wildman–Crippen LogP) is 3.69. The number of para-hydroxylation sites is 2. The van der Waals surface area contributed by atoms with Crippen LogP contribution in [0.15, 0.2) is 24.3 Å². The van der Waals surface area contributed by atoms with Crippen molar-refractivity contribution in [2.75, 3.05) is 29.9 Å². The highest BCUT2D eigenvalue weighted by Crippen LogP contribution is 2.28.